The molecule has 0 atom stereocenters. The van der Waals surface area contributed by atoms with Gasteiger partial charge in [-0.15, -0.1) is 5.10 Å². The monoisotopic (exact) mass is 385 g/mol. The lowest BCUT2D eigenvalue weighted by molar-refractivity contribution is 0.591. The highest BCUT2D eigenvalue weighted by Gasteiger charge is 2.18. The minimum absolute atomic E-state index is 0.0674. The van der Waals surface area contributed by atoms with Gasteiger partial charge in [0.15, 0.2) is 5.82 Å². The van der Waals surface area contributed by atoms with Crippen molar-refractivity contribution in [2.24, 2.45) is 0 Å². The number of hydrogen-bond acceptors (Lipinski definition) is 4. The number of halogens is 1. The molecule has 0 spiro atoms. The van der Waals surface area contributed by atoms with Crippen molar-refractivity contribution in [1.82, 2.24) is 20.2 Å². The molecule has 0 bridgehead atoms. The number of para-hydroxylation sites is 2. The summed E-state index contributed by atoms with van der Waals surface area (Å²) in [5, 5.41) is 15.6. The van der Waals surface area contributed by atoms with Gasteiger partial charge in [-0.25, -0.2) is 0 Å². The number of rotatable bonds is 4. The summed E-state index contributed by atoms with van der Waals surface area (Å²) in [4.78, 5) is 0. The van der Waals surface area contributed by atoms with Crippen LogP contribution in [0, 0.1) is 0 Å². The maximum atomic E-state index is 4.16. The van der Waals surface area contributed by atoms with E-state index in [4.69, 9.17) is 0 Å². The number of aromatic nitrogens is 4. The van der Waals surface area contributed by atoms with Crippen LogP contribution >= 0.6 is 15.9 Å². The Kier molecular flexibility index (Phi) is 4.66. The zero-order valence-corrected chi connectivity index (χ0v) is 15.6. The Morgan fingerprint density at radius 1 is 1.04 bits per heavy atom. The lowest BCUT2D eigenvalue weighted by Gasteiger charge is -2.23. The van der Waals surface area contributed by atoms with Gasteiger partial charge in [-0.05, 0) is 55.5 Å². The van der Waals surface area contributed by atoms with Gasteiger partial charge in [0.2, 0.25) is 0 Å². The van der Waals surface area contributed by atoms with Crippen molar-refractivity contribution in [3.8, 4) is 5.69 Å². The molecule has 0 amide bonds. The van der Waals surface area contributed by atoms with Crippen LogP contribution in [0.15, 0.2) is 53.0 Å². The minimum atomic E-state index is 0.0674. The van der Waals surface area contributed by atoms with Gasteiger partial charge in [0.05, 0.1) is 12.2 Å². The fourth-order valence-electron chi connectivity index (χ4n) is 2.59. The van der Waals surface area contributed by atoms with E-state index in [0.717, 1.165) is 21.7 Å². The fourth-order valence-corrected chi connectivity index (χ4v) is 3.04. The molecule has 0 saturated heterocycles. The largest absolute Gasteiger partial charge is 0.377 e. The van der Waals surface area contributed by atoms with E-state index in [9.17, 15) is 0 Å². The SMILES string of the molecule is CC(C)(C)c1ccccc1NCc1nnnn1-c1ccccc1Br. The summed E-state index contributed by atoms with van der Waals surface area (Å²) in [5.41, 5.74) is 3.36. The lowest BCUT2D eigenvalue weighted by atomic mass is 9.86. The summed E-state index contributed by atoms with van der Waals surface area (Å²) >= 11 is 3.55. The van der Waals surface area contributed by atoms with Crippen LogP contribution in [0.2, 0.25) is 0 Å². The maximum absolute atomic E-state index is 4.16. The van der Waals surface area contributed by atoms with Gasteiger partial charge in [0, 0.05) is 10.2 Å². The number of hydrogen-bond donors (Lipinski definition) is 1. The molecule has 6 heteroatoms. The van der Waals surface area contributed by atoms with Crippen LogP contribution in [0.3, 0.4) is 0 Å². The molecular formula is C18H20BrN5. The topological polar surface area (TPSA) is 55.6 Å². The van der Waals surface area contributed by atoms with Gasteiger partial charge in [-0.3, -0.25) is 0 Å². The maximum Gasteiger partial charge on any atom is 0.175 e. The Morgan fingerprint density at radius 3 is 2.50 bits per heavy atom. The van der Waals surface area contributed by atoms with Crippen LogP contribution in [0.25, 0.3) is 5.69 Å². The smallest absolute Gasteiger partial charge is 0.175 e. The van der Waals surface area contributed by atoms with E-state index >= 15 is 0 Å². The van der Waals surface area contributed by atoms with E-state index in [1.165, 1.54) is 5.56 Å². The highest BCUT2D eigenvalue weighted by Crippen LogP contribution is 2.29. The van der Waals surface area contributed by atoms with Crippen LogP contribution in [0.1, 0.15) is 32.2 Å². The lowest BCUT2D eigenvalue weighted by Crippen LogP contribution is -2.16. The minimum Gasteiger partial charge on any atom is -0.377 e. The molecule has 1 N–H and O–H groups in total. The fraction of sp³-hybridized carbons (Fsp3) is 0.278. The second-order valence-corrected chi connectivity index (χ2v) is 7.46. The summed E-state index contributed by atoms with van der Waals surface area (Å²) in [5.74, 6) is 0.755. The van der Waals surface area contributed by atoms with Crippen molar-refractivity contribution < 1.29 is 0 Å². The zero-order valence-electron chi connectivity index (χ0n) is 14.0. The standard InChI is InChI=1S/C18H20BrN5/c1-18(2,3)13-8-4-6-10-15(13)20-12-17-21-22-23-24(17)16-11-7-5-9-14(16)19/h4-11,20H,12H2,1-3H3. The van der Waals surface area contributed by atoms with Crippen molar-refractivity contribution in [2.45, 2.75) is 32.7 Å². The summed E-state index contributed by atoms with van der Waals surface area (Å²) < 4.78 is 2.70. The van der Waals surface area contributed by atoms with Crippen LogP contribution in [-0.4, -0.2) is 20.2 Å². The van der Waals surface area contributed by atoms with Gasteiger partial charge < -0.3 is 5.32 Å². The molecule has 1 aromatic heterocycles. The molecular weight excluding hydrogens is 366 g/mol. The van der Waals surface area contributed by atoms with Crippen LogP contribution in [-0.2, 0) is 12.0 Å². The van der Waals surface area contributed by atoms with E-state index in [0.29, 0.717) is 6.54 Å². The van der Waals surface area contributed by atoms with Crippen molar-refractivity contribution in [1.29, 1.82) is 0 Å². The predicted octanol–water partition coefficient (Wildman–Crippen LogP) is 4.33. The zero-order chi connectivity index (χ0) is 17.2. The normalized spacial score (nSPS) is 11.5. The van der Waals surface area contributed by atoms with E-state index < -0.39 is 0 Å². The molecule has 0 saturated carbocycles. The third kappa shape index (κ3) is 3.48. The van der Waals surface area contributed by atoms with Crippen molar-refractivity contribution in [2.75, 3.05) is 5.32 Å². The Labute approximate surface area is 150 Å². The predicted molar refractivity (Wildman–Crippen MR) is 99.3 cm³/mol. The van der Waals surface area contributed by atoms with Crippen molar-refractivity contribution in [3.63, 3.8) is 0 Å². The Balaban J connectivity index is 1.86. The van der Waals surface area contributed by atoms with Crippen molar-refractivity contribution >= 4 is 21.6 Å². The molecule has 0 aliphatic rings. The third-order valence-corrected chi connectivity index (χ3v) is 4.46. The average Bonchev–Trinajstić information content (AvgIpc) is 3.01. The molecule has 0 fully saturated rings. The van der Waals surface area contributed by atoms with E-state index in [1.54, 1.807) is 4.68 Å². The molecule has 124 valence electrons. The number of benzene rings is 2. The number of nitrogens with zero attached hydrogens (tertiary/aromatic N) is 4. The molecule has 0 radical (unpaired) electrons. The second-order valence-electron chi connectivity index (χ2n) is 6.61. The molecule has 5 nitrogen and oxygen atoms in total. The van der Waals surface area contributed by atoms with Crippen LogP contribution in [0.5, 0.6) is 0 Å². The highest BCUT2D eigenvalue weighted by molar-refractivity contribution is 9.10. The van der Waals surface area contributed by atoms with E-state index in [-0.39, 0.29) is 5.41 Å². The highest BCUT2D eigenvalue weighted by atomic mass is 79.9. The molecule has 3 aromatic rings. The van der Waals surface area contributed by atoms with Gasteiger partial charge in [0.1, 0.15) is 0 Å². The molecule has 0 unspecified atom stereocenters. The van der Waals surface area contributed by atoms with Crippen molar-refractivity contribution in [3.05, 3.63) is 64.4 Å². The molecule has 0 aliphatic carbocycles. The molecule has 0 aliphatic heterocycles. The second kappa shape index (κ2) is 6.73. The molecule has 24 heavy (non-hydrogen) atoms. The van der Waals surface area contributed by atoms with E-state index in [2.05, 4.69) is 75.7 Å². The first kappa shape index (κ1) is 16.6. The Morgan fingerprint density at radius 2 is 1.75 bits per heavy atom. The Hall–Kier alpha value is -2.21. The summed E-state index contributed by atoms with van der Waals surface area (Å²) in [6, 6.07) is 16.2. The van der Waals surface area contributed by atoms with Gasteiger partial charge in [-0.2, -0.15) is 4.68 Å². The number of tetrazole rings is 1. The molecule has 2 aromatic carbocycles. The first-order valence-electron chi connectivity index (χ1n) is 7.82. The first-order valence-corrected chi connectivity index (χ1v) is 8.61. The summed E-state index contributed by atoms with van der Waals surface area (Å²) in [6.45, 7) is 7.16. The van der Waals surface area contributed by atoms with Gasteiger partial charge in [0.25, 0.3) is 0 Å². The summed E-state index contributed by atoms with van der Waals surface area (Å²) in [7, 11) is 0. The van der Waals surface area contributed by atoms with E-state index in [1.807, 2.05) is 30.3 Å². The third-order valence-electron chi connectivity index (χ3n) is 3.79. The number of anilines is 1. The van der Waals surface area contributed by atoms with Crippen LogP contribution in [0.4, 0.5) is 5.69 Å². The van der Waals surface area contributed by atoms with Crippen LogP contribution < -0.4 is 5.32 Å². The quantitative estimate of drug-likeness (QED) is 0.725. The molecule has 3 rings (SSSR count). The Bertz CT molecular complexity index is 835. The molecule has 1 heterocycles. The number of nitrogens with one attached hydrogen (secondary N) is 1. The summed E-state index contributed by atoms with van der Waals surface area (Å²) in [6.07, 6.45) is 0. The first-order chi connectivity index (χ1) is 11.5. The average molecular weight is 386 g/mol. The van der Waals surface area contributed by atoms with Gasteiger partial charge >= 0.3 is 0 Å². The van der Waals surface area contributed by atoms with Gasteiger partial charge in [-0.1, -0.05) is 51.1 Å².